The molecule has 0 aliphatic heterocycles. The lowest BCUT2D eigenvalue weighted by molar-refractivity contribution is 0.521. The van der Waals surface area contributed by atoms with Crippen LogP contribution in [-0.2, 0) is 10.0 Å². The monoisotopic (exact) mass is 206 g/mol. The molecule has 0 unspecified atom stereocenters. The van der Waals surface area contributed by atoms with Gasteiger partial charge in [0.1, 0.15) is 0 Å². The van der Waals surface area contributed by atoms with E-state index in [0.29, 0.717) is 12.6 Å². The summed E-state index contributed by atoms with van der Waals surface area (Å²) in [6, 6.07) is 0.612. The molecule has 5 heteroatoms. The van der Waals surface area contributed by atoms with Crippen molar-refractivity contribution in [2.75, 3.05) is 19.3 Å². The summed E-state index contributed by atoms with van der Waals surface area (Å²) >= 11 is 0. The van der Waals surface area contributed by atoms with Crippen molar-refractivity contribution >= 4 is 10.0 Å². The number of sulfonamides is 1. The van der Waals surface area contributed by atoms with Crippen LogP contribution < -0.4 is 10.0 Å². The van der Waals surface area contributed by atoms with E-state index in [1.807, 2.05) is 0 Å². The van der Waals surface area contributed by atoms with E-state index in [0.717, 1.165) is 6.54 Å². The maximum absolute atomic E-state index is 10.7. The number of nitrogens with one attached hydrogen (secondary N) is 2. The zero-order chi connectivity index (χ0) is 9.73. The van der Waals surface area contributed by atoms with Crippen molar-refractivity contribution < 1.29 is 8.42 Å². The van der Waals surface area contributed by atoms with Gasteiger partial charge in [-0.3, -0.25) is 0 Å². The van der Waals surface area contributed by atoms with Gasteiger partial charge in [-0.15, -0.1) is 0 Å². The Balaban J connectivity index is 2.01. The first-order valence-corrected chi connectivity index (χ1v) is 6.65. The lowest BCUT2D eigenvalue weighted by Gasteiger charge is -2.11. The summed E-state index contributed by atoms with van der Waals surface area (Å²) in [6.07, 6.45) is 6.26. The Morgan fingerprint density at radius 3 is 2.38 bits per heavy atom. The molecule has 0 bridgehead atoms. The van der Waals surface area contributed by atoms with Gasteiger partial charge in [0.15, 0.2) is 0 Å². The Hall–Kier alpha value is -0.130. The Morgan fingerprint density at radius 1 is 1.23 bits per heavy atom. The zero-order valence-corrected chi connectivity index (χ0v) is 8.86. The van der Waals surface area contributed by atoms with Crippen molar-refractivity contribution in [3.05, 3.63) is 0 Å². The summed E-state index contributed by atoms with van der Waals surface area (Å²) in [6.45, 7) is 1.23. The molecule has 0 aromatic carbocycles. The van der Waals surface area contributed by atoms with Crippen molar-refractivity contribution in [2.45, 2.75) is 31.7 Å². The minimum absolute atomic E-state index is 0.495. The first kappa shape index (κ1) is 10.9. The van der Waals surface area contributed by atoms with Gasteiger partial charge in [0.05, 0.1) is 6.26 Å². The van der Waals surface area contributed by atoms with Crippen LogP contribution in [0.25, 0.3) is 0 Å². The van der Waals surface area contributed by atoms with Gasteiger partial charge in [-0.1, -0.05) is 12.8 Å². The highest BCUT2D eigenvalue weighted by Gasteiger charge is 2.13. The molecule has 0 heterocycles. The van der Waals surface area contributed by atoms with Crippen LogP contribution in [0.15, 0.2) is 0 Å². The molecule has 1 aliphatic rings. The van der Waals surface area contributed by atoms with Crippen LogP contribution in [0.2, 0.25) is 0 Å². The lowest BCUT2D eigenvalue weighted by atomic mass is 10.2. The average Bonchev–Trinajstić information content (AvgIpc) is 2.48. The van der Waals surface area contributed by atoms with Crippen LogP contribution in [0.1, 0.15) is 25.7 Å². The van der Waals surface area contributed by atoms with E-state index in [-0.39, 0.29) is 0 Å². The summed E-state index contributed by atoms with van der Waals surface area (Å²) in [4.78, 5) is 0. The Morgan fingerprint density at radius 2 is 1.85 bits per heavy atom. The number of hydrogen-bond acceptors (Lipinski definition) is 3. The fourth-order valence-electron chi connectivity index (χ4n) is 1.64. The molecule has 1 saturated carbocycles. The summed E-state index contributed by atoms with van der Waals surface area (Å²) < 4.78 is 23.8. The predicted molar refractivity (Wildman–Crippen MR) is 53.1 cm³/mol. The minimum atomic E-state index is -3.01. The third kappa shape index (κ3) is 5.23. The highest BCUT2D eigenvalue weighted by Crippen LogP contribution is 2.16. The molecule has 2 N–H and O–H groups in total. The van der Waals surface area contributed by atoms with Crippen LogP contribution in [-0.4, -0.2) is 33.8 Å². The molecule has 0 aromatic heterocycles. The van der Waals surface area contributed by atoms with Gasteiger partial charge in [-0.05, 0) is 12.8 Å². The smallest absolute Gasteiger partial charge is 0.208 e. The van der Waals surface area contributed by atoms with Crippen molar-refractivity contribution in [1.29, 1.82) is 0 Å². The molecule has 13 heavy (non-hydrogen) atoms. The SMILES string of the molecule is CS(=O)(=O)NCCNC1CCCC1. The number of hydrogen-bond donors (Lipinski definition) is 2. The van der Waals surface area contributed by atoms with E-state index in [4.69, 9.17) is 0 Å². The van der Waals surface area contributed by atoms with Gasteiger partial charge in [0, 0.05) is 19.1 Å². The van der Waals surface area contributed by atoms with E-state index in [2.05, 4.69) is 10.0 Å². The van der Waals surface area contributed by atoms with Crippen LogP contribution in [0.5, 0.6) is 0 Å². The predicted octanol–water partition coefficient (Wildman–Crippen LogP) is 0.0678. The van der Waals surface area contributed by atoms with Gasteiger partial charge in [0.2, 0.25) is 10.0 Å². The molecular formula is C8H18N2O2S. The van der Waals surface area contributed by atoms with E-state index >= 15 is 0 Å². The highest BCUT2D eigenvalue weighted by molar-refractivity contribution is 7.88. The largest absolute Gasteiger partial charge is 0.313 e. The molecule has 0 aromatic rings. The second kappa shape index (κ2) is 4.93. The topological polar surface area (TPSA) is 58.2 Å². The lowest BCUT2D eigenvalue weighted by Crippen LogP contribution is -2.35. The number of rotatable bonds is 5. The molecule has 1 rings (SSSR count). The fraction of sp³-hybridized carbons (Fsp3) is 1.00. The van der Waals surface area contributed by atoms with E-state index in [1.165, 1.54) is 31.9 Å². The average molecular weight is 206 g/mol. The Kier molecular flexibility index (Phi) is 4.15. The first-order chi connectivity index (χ1) is 6.08. The maximum Gasteiger partial charge on any atom is 0.208 e. The normalized spacial score (nSPS) is 19.5. The molecule has 0 radical (unpaired) electrons. The van der Waals surface area contributed by atoms with Crippen molar-refractivity contribution in [3.8, 4) is 0 Å². The van der Waals surface area contributed by atoms with E-state index < -0.39 is 10.0 Å². The highest BCUT2D eigenvalue weighted by atomic mass is 32.2. The Labute approximate surface area is 80.1 Å². The van der Waals surface area contributed by atoms with Crippen LogP contribution in [0, 0.1) is 0 Å². The maximum atomic E-state index is 10.7. The third-order valence-corrected chi connectivity index (χ3v) is 3.01. The molecule has 4 nitrogen and oxygen atoms in total. The van der Waals surface area contributed by atoms with Crippen molar-refractivity contribution in [2.24, 2.45) is 0 Å². The zero-order valence-electron chi connectivity index (χ0n) is 8.04. The third-order valence-electron chi connectivity index (χ3n) is 2.28. The second-order valence-electron chi connectivity index (χ2n) is 3.60. The fourth-order valence-corrected chi connectivity index (χ4v) is 2.12. The van der Waals surface area contributed by atoms with Gasteiger partial charge in [0.25, 0.3) is 0 Å². The molecule has 0 spiro atoms. The molecule has 78 valence electrons. The Bertz CT molecular complexity index is 233. The summed E-state index contributed by atoms with van der Waals surface area (Å²) in [7, 11) is -3.01. The minimum Gasteiger partial charge on any atom is -0.313 e. The molecule has 0 saturated heterocycles. The standard InChI is InChI=1S/C8H18N2O2S/c1-13(11,12)10-7-6-9-8-4-2-3-5-8/h8-10H,2-7H2,1H3. The van der Waals surface area contributed by atoms with Crippen LogP contribution in [0.4, 0.5) is 0 Å². The molecule has 0 atom stereocenters. The molecule has 1 aliphatic carbocycles. The second-order valence-corrected chi connectivity index (χ2v) is 5.44. The summed E-state index contributed by atoms with van der Waals surface area (Å²) in [5.74, 6) is 0. The molecule has 1 fully saturated rings. The van der Waals surface area contributed by atoms with Gasteiger partial charge < -0.3 is 5.32 Å². The van der Waals surface area contributed by atoms with Crippen LogP contribution >= 0.6 is 0 Å². The summed E-state index contributed by atoms with van der Waals surface area (Å²) in [5.41, 5.74) is 0. The quantitative estimate of drug-likeness (QED) is 0.626. The van der Waals surface area contributed by atoms with Gasteiger partial charge in [-0.25, -0.2) is 13.1 Å². The molecular weight excluding hydrogens is 188 g/mol. The first-order valence-electron chi connectivity index (χ1n) is 4.76. The van der Waals surface area contributed by atoms with E-state index in [1.54, 1.807) is 0 Å². The molecule has 0 amide bonds. The van der Waals surface area contributed by atoms with Crippen molar-refractivity contribution in [3.63, 3.8) is 0 Å². The van der Waals surface area contributed by atoms with Gasteiger partial charge >= 0.3 is 0 Å². The van der Waals surface area contributed by atoms with Crippen molar-refractivity contribution in [1.82, 2.24) is 10.0 Å². The summed E-state index contributed by atoms with van der Waals surface area (Å²) in [5, 5.41) is 3.33. The van der Waals surface area contributed by atoms with E-state index in [9.17, 15) is 8.42 Å². The van der Waals surface area contributed by atoms with Gasteiger partial charge in [-0.2, -0.15) is 0 Å². The van der Waals surface area contributed by atoms with Crippen LogP contribution in [0.3, 0.4) is 0 Å².